The molecule has 6 heteroatoms. The second kappa shape index (κ2) is 2.63. The lowest BCUT2D eigenvalue weighted by Crippen LogP contribution is -2.16. The van der Waals surface area contributed by atoms with Crippen molar-refractivity contribution in [2.45, 2.75) is 6.04 Å². The van der Waals surface area contributed by atoms with Gasteiger partial charge in [-0.25, -0.2) is 0 Å². The van der Waals surface area contributed by atoms with Crippen molar-refractivity contribution in [1.82, 2.24) is 15.2 Å². The first-order valence-corrected chi connectivity index (χ1v) is 2.78. The number of anilines is 1. The quantitative estimate of drug-likeness (QED) is 0.397. The van der Waals surface area contributed by atoms with Gasteiger partial charge in [0.15, 0.2) is 0 Å². The van der Waals surface area contributed by atoms with E-state index in [4.69, 9.17) is 16.6 Å². The van der Waals surface area contributed by atoms with Crippen molar-refractivity contribution in [3.8, 4) is 0 Å². The van der Waals surface area contributed by atoms with Crippen molar-refractivity contribution in [2.24, 2.45) is 5.73 Å². The molecule has 0 aliphatic heterocycles. The highest BCUT2D eigenvalue weighted by molar-refractivity contribution is 5.13. The fourth-order valence-electron chi connectivity index (χ4n) is 0.540. The monoisotopic (exact) mass is 143 g/mol. The van der Waals surface area contributed by atoms with E-state index < -0.39 is 6.04 Å². The maximum Gasteiger partial charge on any atom is 0.239 e. The van der Waals surface area contributed by atoms with Crippen molar-refractivity contribution < 1.29 is 5.11 Å². The number of hydrogen-bond acceptors (Lipinski definition) is 5. The van der Waals surface area contributed by atoms with Crippen molar-refractivity contribution in [3.63, 3.8) is 0 Å². The first-order valence-electron chi connectivity index (χ1n) is 2.78. The topological polar surface area (TPSA) is 114 Å². The molecule has 0 saturated heterocycles. The molecule has 0 radical (unpaired) electrons. The average Bonchev–Trinajstić information content (AvgIpc) is 2.34. The molecule has 0 aromatic carbocycles. The van der Waals surface area contributed by atoms with Gasteiger partial charge in [0.05, 0.1) is 12.6 Å². The lowest BCUT2D eigenvalue weighted by atomic mass is 10.3. The SMILES string of the molecule is Nc1n[nH]c(C(N)CO)n1. The summed E-state index contributed by atoms with van der Waals surface area (Å²) in [5.41, 5.74) is 10.5. The van der Waals surface area contributed by atoms with Gasteiger partial charge < -0.3 is 16.6 Å². The summed E-state index contributed by atoms with van der Waals surface area (Å²) in [5.74, 6) is 0.541. The molecule has 0 saturated carbocycles. The minimum Gasteiger partial charge on any atom is -0.394 e. The molecular formula is C4H9N5O. The van der Waals surface area contributed by atoms with Crippen LogP contribution in [0.5, 0.6) is 0 Å². The Bertz CT molecular complexity index is 209. The summed E-state index contributed by atoms with van der Waals surface area (Å²) >= 11 is 0. The van der Waals surface area contributed by atoms with E-state index in [1.165, 1.54) is 0 Å². The molecule has 6 N–H and O–H groups in total. The van der Waals surface area contributed by atoms with Gasteiger partial charge in [0.1, 0.15) is 5.82 Å². The van der Waals surface area contributed by atoms with Gasteiger partial charge in [0.2, 0.25) is 5.95 Å². The number of rotatable bonds is 2. The van der Waals surface area contributed by atoms with Crippen LogP contribution in [0.4, 0.5) is 5.95 Å². The van der Waals surface area contributed by atoms with Crippen molar-refractivity contribution in [2.75, 3.05) is 12.3 Å². The lowest BCUT2D eigenvalue weighted by molar-refractivity contribution is 0.263. The van der Waals surface area contributed by atoms with Crippen LogP contribution in [-0.2, 0) is 0 Å². The second-order valence-electron chi connectivity index (χ2n) is 1.87. The second-order valence-corrected chi connectivity index (χ2v) is 1.87. The molecule has 6 nitrogen and oxygen atoms in total. The molecule has 0 spiro atoms. The third-order valence-electron chi connectivity index (χ3n) is 1.07. The van der Waals surface area contributed by atoms with E-state index in [9.17, 15) is 0 Å². The van der Waals surface area contributed by atoms with E-state index in [1.54, 1.807) is 0 Å². The number of H-pyrrole nitrogens is 1. The number of aromatic nitrogens is 3. The molecule has 1 atom stereocenters. The van der Waals surface area contributed by atoms with Gasteiger partial charge in [-0.3, -0.25) is 5.10 Å². The highest BCUT2D eigenvalue weighted by Gasteiger charge is 2.07. The number of aromatic amines is 1. The molecule has 1 unspecified atom stereocenters. The summed E-state index contributed by atoms with van der Waals surface area (Å²) in [6.07, 6.45) is 0. The van der Waals surface area contributed by atoms with Gasteiger partial charge in [-0.1, -0.05) is 0 Å². The van der Waals surface area contributed by atoms with Gasteiger partial charge in [0.25, 0.3) is 0 Å². The number of aliphatic hydroxyl groups excluding tert-OH is 1. The molecule has 1 heterocycles. The summed E-state index contributed by atoms with van der Waals surface area (Å²) in [5, 5.41) is 14.6. The molecular weight excluding hydrogens is 134 g/mol. The molecule has 0 fully saturated rings. The van der Waals surface area contributed by atoms with Crippen molar-refractivity contribution in [1.29, 1.82) is 0 Å². The summed E-state index contributed by atoms with van der Waals surface area (Å²) in [4.78, 5) is 3.71. The lowest BCUT2D eigenvalue weighted by Gasteiger charge is -2.00. The largest absolute Gasteiger partial charge is 0.394 e. The fraction of sp³-hybridized carbons (Fsp3) is 0.500. The van der Waals surface area contributed by atoms with Crippen LogP contribution in [0.2, 0.25) is 0 Å². The zero-order chi connectivity index (χ0) is 7.56. The van der Waals surface area contributed by atoms with Gasteiger partial charge in [0, 0.05) is 0 Å². The molecule has 10 heavy (non-hydrogen) atoms. The van der Waals surface area contributed by atoms with Crippen LogP contribution in [-0.4, -0.2) is 26.9 Å². The average molecular weight is 143 g/mol. The van der Waals surface area contributed by atoms with Gasteiger partial charge in [-0.15, -0.1) is 5.10 Å². The van der Waals surface area contributed by atoms with E-state index >= 15 is 0 Å². The third kappa shape index (κ3) is 1.23. The first kappa shape index (κ1) is 6.97. The fourth-order valence-corrected chi connectivity index (χ4v) is 0.540. The number of hydrogen-bond donors (Lipinski definition) is 4. The normalized spacial score (nSPS) is 13.4. The number of aliphatic hydroxyl groups is 1. The zero-order valence-electron chi connectivity index (χ0n) is 5.28. The number of nitrogens with two attached hydrogens (primary N) is 2. The van der Waals surface area contributed by atoms with Crippen LogP contribution in [0.3, 0.4) is 0 Å². The third-order valence-corrected chi connectivity index (χ3v) is 1.07. The van der Waals surface area contributed by atoms with Crippen LogP contribution >= 0.6 is 0 Å². The van der Waals surface area contributed by atoms with Crippen LogP contribution < -0.4 is 11.5 Å². The Hall–Kier alpha value is -1.14. The molecule has 0 aliphatic carbocycles. The molecule has 1 aromatic rings. The van der Waals surface area contributed by atoms with E-state index in [2.05, 4.69) is 15.2 Å². The number of nitrogens with zero attached hydrogens (tertiary/aromatic N) is 2. The zero-order valence-corrected chi connectivity index (χ0v) is 5.28. The summed E-state index contributed by atoms with van der Waals surface area (Å²) in [6, 6.07) is -0.523. The van der Waals surface area contributed by atoms with Crippen LogP contribution in [0.25, 0.3) is 0 Å². The van der Waals surface area contributed by atoms with Gasteiger partial charge in [-0.05, 0) is 0 Å². The Morgan fingerprint density at radius 3 is 2.80 bits per heavy atom. The first-order chi connectivity index (χ1) is 4.74. The highest BCUT2D eigenvalue weighted by atomic mass is 16.3. The van der Waals surface area contributed by atoms with Crippen molar-refractivity contribution in [3.05, 3.63) is 5.82 Å². The minimum absolute atomic E-state index is 0.138. The molecule has 0 aliphatic rings. The molecule has 0 bridgehead atoms. The Morgan fingerprint density at radius 2 is 2.40 bits per heavy atom. The standard InChI is InChI=1S/C4H9N5O/c5-2(1-10)3-7-4(6)9-8-3/h2,10H,1,5H2,(H3,6,7,8,9). The predicted octanol–water partition coefficient (Wildman–Crippen LogP) is -1.62. The van der Waals surface area contributed by atoms with E-state index in [0.29, 0.717) is 5.82 Å². The predicted molar refractivity (Wildman–Crippen MR) is 34.8 cm³/mol. The summed E-state index contributed by atoms with van der Waals surface area (Å²) in [6.45, 7) is -0.172. The molecule has 1 aromatic heterocycles. The Balaban J connectivity index is 2.74. The van der Waals surface area contributed by atoms with Crippen LogP contribution in [0.15, 0.2) is 0 Å². The Morgan fingerprint density at radius 1 is 1.70 bits per heavy atom. The molecule has 56 valence electrons. The minimum atomic E-state index is -0.523. The van der Waals surface area contributed by atoms with Gasteiger partial charge in [-0.2, -0.15) is 4.98 Å². The summed E-state index contributed by atoms with van der Waals surface area (Å²) < 4.78 is 0. The van der Waals surface area contributed by atoms with Gasteiger partial charge >= 0.3 is 0 Å². The van der Waals surface area contributed by atoms with E-state index in [1.807, 2.05) is 0 Å². The van der Waals surface area contributed by atoms with Crippen LogP contribution in [0, 0.1) is 0 Å². The van der Waals surface area contributed by atoms with E-state index in [0.717, 1.165) is 0 Å². The number of nitrogens with one attached hydrogen (secondary N) is 1. The Labute approximate surface area is 57.3 Å². The van der Waals surface area contributed by atoms with Crippen LogP contribution in [0.1, 0.15) is 11.9 Å². The van der Waals surface area contributed by atoms with E-state index in [-0.39, 0.29) is 12.6 Å². The Kier molecular flexibility index (Phi) is 1.83. The smallest absolute Gasteiger partial charge is 0.239 e. The summed E-state index contributed by atoms with van der Waals surface area (Å²) in [7, 11) is 0. The maximum absolute atomic E-state index is 8.54. The molecule has 0 amide bonds. The number of nitrogen functional groups attached to an aromatic ring is 1. The molecule has 1 rings (SSSR count). The highest BCUT2D eigenvalue weighted by Crippen LogP contribution is 2.02. The maximum atomic E-state index is 8.54. The van der Waals surface area contributed by atoms with Crippen molar-refractivity contribution >= 4 is 5.95 Å².